The second-order valence-electron chi connectivity index (χ2n) is 6.06. The van der Waals surface area contributed by atoms with Gasteiger partial charge in [-0.3, -0.25) is 14.9 Å². The molecule has 6 nitrogen and oxygen atoms in total. The van der Waals surface area contributed by atoms with Crippen molar-refractivity contribution in [3.05, 3.63) is 82.6 Å². The summed E-state index contributed by atoms with van der Waals surface area (Å²) in [6, 6.07) is 13.4. The van der Waals surface area contributed by atoms with Gasteiger partial charge in [0.05, 0.1) is 11.8 Å². The molecule has 0 fully saturated rings. The molecule has 0 spiro atoms. The van der Waals surface area contributed by atoms with E-state index in [1.807, 2.05) is 29.6 Å². The van der Waals surface area contributed by atoms with E-state index in [1.165, 1.54) is 35.2 Å². The lowest BCUT2D eigenvalue weighted by molar-refractivity contribution is -0.119. The molecule has 0 saturated heterocycles. The Morgan fingerprint density at radius 3 is 2.69 bits per heavy atom. The number of benzene rings is 1. The van der Waals surface area contributed by atoms with Crippen molar-refractivity contribution in [1.29, 1.82) is 0 Å². The molecule has 2 N–H and O–H groups in total. The maximum absolute atomic E-state index is 13.3. The molecule has 1 atom stereocenters. The Hall–Kier alpha value is -3.04. The van der Waals surface area contributed by atoms with Crippen molar-refractivity contribution in [2.45, 2.75) is 11.2 Å². The first-order valence-corrected chi connectivity index (χ1v) is 10.6. The zero-order valence-electron chi connectivity index (χ0n) is 15.1. The van der Waals surface area contributed by atoms with Crippen molar-refractivity contribution in [2.75, 3.05) is 5.75 Å². The molecule has 3 heterocycles. The summed E-state index contributed by atoms with van der Waals surface area (Å²) >= 11 is 2.78. The highest BCUT2D eigenvalue weighted by Crippen LogP contribution is 2.27. The molecular formula is C20H16FN5OS2. The number of carbonyl (C=O) groups excluding carboxylic acids is 1. The summed E-state index contributed by atoms with van der Waals surface area (Å²) in [5.74, 6) is 0.317. The molecule has 0 aliphatic rings. The lowest BCUT2D eigenvalue weighted by Gasteiger charge is -2.18. The van der Waals surface area contributed by atoms with Crippen LogP contribution in [0, 0.1) is 5.82 Å². The third kappa shape index (κ3) is 4.87. The van der Waals surface area contributed by atoms with E-state index in [1.54, 1.807) is 24.5 Å². The summed E-state index contributed by atoms with van der Waals surface area (Å²) in [5, 5.41) is 12.5. The average molecular weight is 426 g/mol. The Bertz CT molecular complexity index is 1070. The average Bonchev–Trinajstić information content (AvgIpc) is 3.44. The van der Waals surface area contributed by atoms with Crippen molar-refractivity contribution >= 4 is 29.0 Å². The summed E-state index contributed by atoms with van der Waals surface area (Å²) in [6.07, 6.45) is 3.36. The van der Waals surface area contributed by atoms with Crippen LogP contribution in [0.2, 0.25) is 0 Å². The van der Waals surface area contributed by atoms with Crippen molar-refractivity contribution in [3.63, 3.8) is 0 Å². The van der Waals surface area contributed by atoms with E-state index >= 15 is 0 Å². The number of carbonyl (C=O) groups is 1. The van der Waals surface area contributed by atoms with E-state index < -0.39 is 0 Å². The van der Waals surface area contributed by atoms with E-state index in [-0.39, 0.29) is 23.5 Å². The highest BCUT2D eigenvalue weighted by atomic mass is 32.2. The molecule has 0 aliphatic heterocycles. The lowest BCUT2D eigenvalue weighted by Crippen LogP contribution is -2.30. The Labute approximate surface area is 174 Å². The molecule has 3 aromatic heterocycles. The quantitative estimate of drug-likeness (QED) is 0.436. The van der Waals surface area contributed by atoms with Crippen LogP contribution in [0.1, 0.15) is 16.5 Å². The number of hydrogen-bond donors (Lipinski definition) is 2. The van der Waals surface area contributed by atoms with Crippen LogP contribution in [0.5, 0.6) is 0 Å². The number of amides is 1. The first kappa shape index (κ1) is 19.3. The molecule has 9 heteroatoms. The molecule has 29 heavy (non-hydrogen) atoms. The molecule has 0 radical (unpaired) electrons. The second kappa shape index (κ2) is 8.97. The van der Waals surface area contributed by atoms with E-state index in [9.17, 15) is 9.18 Å². The third-order valence-electron chi connectivity index (χ3n) is 4.09. The Balaban J connectivity index is 1.41. The number of halogens is 1. The van der Waals surface area contributed by atoms with Crippen LogP contribution in [0.25, 0.3) is 11.4 Å². The van der Waals surface area contributed by atoms with Gasteiger partial charge in [-0.25, -0.2) is 9.37 Å². The Morgan fingerprint density at radius 2 is 1.97 bits per heavy atom. The highest BCUT2D eigenvalue weighted by Gasteiger charge is 2.18. The van der Waals surface area contributed by atoms with Gasteiger partial charge in [0.2, 0.25) is 11.1 Å². The molecule has 0 aliphatic carbocycles. The molecular weight excluding hydrogens is 409 g/mol. The maximum Gasteiger partial charge on any atom is 0.231 e. The topological polar surface area (TPSA) is 83.6 Å². The maximum atomic E-state index is 13.3. The minimum atomic E-state index is -0.330. The van der Waals surface area contributed by atoms with Gasteiger partial charge in [0.15, 0.2) is 5.82 Å². The predicted octanol–water partition coefficient (Wildman–Crippen LogP) is 4.07. The number of nitrogens with zero attached hydrogens (tertiary/aromatic N) is 3. The molecule has 146 valence electrons. The molecule has 4 rings (SSSR count). The monoisotopic (exact) mass is 425 g/mol. The van der Waals surface area contributed by atoms with Crippen molar-refractivity contribution in [1.82, 2.24) is 25.5 Å². The SMILES string of the molecule is O=C(CSc1n[nH]c(-c2ccncc2)n1)N[C@@H](c1ccc(F)cc1)c1cccs1. The largest absolute Gasteiger partial charge is 0.344 e. The van der Waals surface area contributed by atoms with Gasteiger partial charge < -0.3 is 5.32 Å². The summed E-state index contributed by atoms with van der Waals surface area (Å²) in [7, 11) is 0. The highest BCUT2D eigenvalue weighted by molar-refractivity contribution is 7.99. The molecule has 1 amide bonds. The number of aromatic nitrogens is 4. The number of rotatable bonds is 7. The minimum absolute atomic E-state index is 0.159. The van der Waals surface area contributed by atoms with Crippen LogP contribution in [-0.2, 0) is 4.79 Å². The summed E-state index contributed by atoms with van der Waals surface area (Å²) in [4.78, 5) is 21.9. The first-order chi connectivity index (χ1) is 14.2. The van der Waals surface area contributed by atoms with Crippen LogP contribution < -0.4 is 5.32 Å². The third-order valence-corrected chi connectivity index (χ3v) is 5.87. The van der Waals surface area contributed by atoms with Gasteiger partial charge in [-0.05, 0) is 41.3 Å². The predicted molar refractivity (Wildman–Crippen MR) is 111 cm³/mol. The standard InChI is InChI=1S/C20H16FN5OS2/c21-15-5-3-13(4-6-15)18(16-2-1-11-28-16)23-17(27)12-29-20-24-19(25-26-20)14-7-9-22-10-8-14/h1-11,18H,12H2,(H,23,27)(H,24,25,26)/t18-/m0/s1. The van der Waals surface area contributed by atoms with E-state index in [0.717, 1.165) is 16.0 Å². The fourth-order valence-electron chi connectivity index (χ4n) is 2.71. The number of nitrogens with one attached hydrogen (secondary N) is 2. The number of thiophene rings is 1. The van der Waals surface area contributed by atoms with E-state index in [2.05, 4.69) is 25.5 Å². The normalized spacial score (nSPS) is 11.9. The van der Waals surface area contributed by atoms with Gasteiger partial charge in [0.25, 0.3) is 0 Å². The van der Waals surface area contributed by atoms with E-state index in [0.29, 0.717) is 11.0 Å². The van der Waals surface area contributed by atoms with Gasteiger partial charge in [-0.2, -0.15) is 0 Å². The second-order valence-corrected chi connectivity index (χ2v) is 7.98. The van der Waals surface area contributed by atoms with Crippen LogP contribution in [0.15, 0.2) is 71.5 Å². The van der Waals surface area contributed by atoms with Crippen molar-refractivity contribution in [2.24, 2.45) is 0 Å². The van der Waals surface area contributed by atoms with Crippen molar-refractivity contribution in [3.8, 4) is 11.4 Å². The lowest BCUT2D eigenvalue weighted by atomic mass is 10.1. The van der Waals surface area contributed by atoms with Crippen LogP contribution in [0.3, 0.4) is 0 Å². The Kier molecular flexibility index (Phi) is 5.97. The van der Waals surface area contributed by atoms with Crippen molar-refractivity contribution < 1.29 is 9.18 Å². The zero-order chi connectivity index (χ0) is 20.1. The molecule has 1 aromatic carbocycles. The first-order valence-electron chi connectivity index (χ1n) is 8.73. The number of pyridine rings is 1. The van der Waals surface area contributed by atoms with Gasteiger partial charge in [-0.1, -0.05) is 30.0 Å². The zero-order valence-corrected chi connectivity index (χ0v) is 16.7. The number of thioether (sulfide) groups is 1. The fraction of sp³-hybridized carbons (Fsp3) is 0.100. The van der Waals surface area contributed by atoms with Crippen LogP contribution in [-0.4, -0.2) is 31.8 Å². The molecule has 0 saturated carbocycles. The number of hydrogen-bond acceptors (Lipinski definition) is 6. The summed E-state index contributed by atoms with van der Waals surface area (Å²) < 4.78 is 13.3. The molecule has 0 unspecified atom stereocenters. The van der Waals surface area contributed by atoms with Gasteiger partial charge >= 0.3 is 0 Å². The Morgan fingerprint density at radius 1 is 1.17 bits per heavy atom. The van der Waals surface area contributed by atoms with Crippen LogP contribution >= 0.6 is 23.1 Å². The molecule has 4 aromatic rings. The van der Waals surface area contributed by atoms with E-state index in [4.69, 9.17) is 0 Å². The summed E-state index contributed by atoms with van der Waals surface area (Å²) in [5.41, 5.74) is 1.70. The number of aromatic amines is 1. The minimum Gasteiger partial charge on any atom is -0.344 e. The number of H-pyrrole nitrogens is 1. The van der Waals surface area contributed by atoms with Gasteiger partial charge in [0, 0.05) is 22.8 Å². The van der Waals surface area contributed by atoms with Gasteiger partial charge in [0.1, 0.15) is 5.82 Å². The fourth-order valence-corrected chi connectivity index (χ4v) is 4.12. The molecule has 0 bridgehead atoms. The van der Waals surface area contributed by atoms with Gasteiger partial charge in [-0.15, -0.1) is 16.4 Å². The summed E-state index contributed by atoms with van der Waals surface area (Å²) in [6.45, 7) is 0. The van der Waals surface area contributed by atoms with Crippen LogP contribution in [0.4, 0.5) is 4.39 Å². The smallest absolute Gasteiger partial charge is 0.231 e.